The van der Waals surface area contributed by atoms with Gasteiger partial charge in [-0.1, -0.05) is 12.1 Å². The monoisotopic (exact) mass is 264 g/mol. The van der Waals surface area contributed by atoms with Crippen LogP contribution in [-0.2, 0) is 4.74 Å². The Morgan fingerprint density at radius 3 is 2.80 bits per heavy atom. The molecule has 2 bridgehead atoms. The zero-order valence-corrected chi connectivity index (χ0v) is 9.08. The van der Waals surface area contributed by atoms with Crippen molar-refractivity contribution in [2.75, 3.05) is 0 Å². The van der Waals surface area contributed by atoms with Crippen LogP contribution in [0.4, 0.5) is 0 Å². The van der Waals surface area contributed by atoms with Crippen LogP contribution in [0.15, 0.2) is 22.7 Å². The Kier molecular flexibility index (Phi) is 1.65. The van der Waals surface area contributed by atoms with Gasteiger partial charge in [0.25, 0.3) is 0 Å². The van der Waals surface area contributed by atoms with Gasteiger partial charge in [-0.05, 0) is 33.6 Å². The van der Waals surface area contributed by atoms with E-state index >= 15 is 0 Å². The summed E-state index contributed by atoms with van der Waals surface area (Å²) in [6.45, 7) is 0. The first kappa shape index (κ1) is 8.85. The van der Waals surface area contributed by atoms with Gasteiger partial charge in [0.15, 0.2) is 6.10 Å². The Morgan fingerprint density at radius 1 is 1.20 bits per heavy atom. The highest BCUT2D eigenvalue weighted by atomic mass is 79.9. The van der Waals surface area contributed by atoms with E-state index in [0.29, 0.717) is 15.6 Å². The molecule has 1 aliphatic carbocycles. The van der Waals surface area contributed by atoms with Gasteiger partial charge in [0.05, 0.1) is 5.56 Å². The second kappa shape index (κ2) is 2.79. The minimum atomic E-state index is -0.730. The molecule has 1 atom stereocenters. The third-order valence-electron chi connectivity index (χ3n) is 2.58. The first-order valence-electron chi connectivity index (χ1n) is 4.44. The molecule has 3 rings (SSSR count). The summed E-state index contributed by atoms with van der Waals surface area (Å²) in [5, 5.41) is 0. The van der Waals surface area contributed by atoms with Crippen molar-refractivity contribution in [3.63, 3.8) is 0 Å². The Labute approximate surface area is 93.9 Å². The van der Waals surface area contributed by atoms with E-state index in [1.807, 2.05) is 12.1 Å². The number of carbonyl (C=O) groups excluding carboxylic acids is 2. The molecular weight excluding hydrogens is 260 g/mol. The summed E-state index contributed by atoms with van der Waals surface area (Å²) < 4.78 is 5.60. The molecule has 0 amide bonds. The largest absolute Gasteiger partial charge is 0.446 e. The maximum atomic E-state index is 11.8. The molecule has 1 aliphatic heterocycles. The summed E-state index contributed by atoms with van der Waals surface area (Å²) in [5.74, 6) is -0.573. The number of benzene rings is 1. The van der Waals surface area contributed by atoms with Gasteiger partial charge in [0.2, 0.25) is 5.78 Å². The Balaban J connectivity index is 2.44. The van der Waals surface area contributed by atoms with Crippen LogP contribution in [-0.4, -0.2) is 17.9 Å². The number of ether oxygens (including phenoxy) is 1. The van der Waals surface area contributed by atoms with E-state index in [4.69, 9.17) is 4.74 Å². The van der Waals surface area contributed by atoms with E-state index in [1.54, 1.807) is 12.1 Å². The lowest BCUT2D eigenvalue weighted by molar-refractivity contribution is 0.0327. The fourth-order valence-corrected chi connectivity index (χ4v) is 2.38. The molecular formula is C11H5BrO3. The number of fused-ring (bicyclic) bond motifs is 1. The van der Waals surface area contributed by atoms with Crippen molar-refractivity contribution in [3.8, 4) is 0 Å². The smallest absolute Gasteiger partial charge is 0.341 e. The molecule has 1 unspecified atom stereocenters. The van der Waals surface area contributed by atoms with Crippen molar-refractivity contribution in [1.29, 1.82) is 0 Å². The highest BCUT2D eigenvalue weighted by molar-refractivity contribution is 9.10. The highest BCUT2D eigenvalue weighted by Crippen LogP contribution is 2.34. The molecule has 0 fully saturated rings. The van der Waals surface area contributed by atoms with E-state index in [2.05, 4.69) is 15.9 Å². The number of halogens is 1. The molecule has 4 heteroatoms. The molecule has 15 heavy (non-hydrogen) atoms. The maximum Gasteiger partial charge on any atom is 0.341 e. The Hall–Kier alpha value is -1.42. The van der Waals surface area contributed by atoms with Crippen LogP contribution in [0.1, 0.15) is 26.3 Å². The molecule has 0 spiro atoms. The molecule has 3 nitrogen and oxygen atoms in total. The fourth-order valence-electron chi connectivity index (χ4n) is 1.89. The zero-order chi connectivity index (χ0) is 10.6. The third kappa shape index (κ3) is 1.05. The lowest BCUT2D eigenvalue weighted by Gasteiger charge is -2.26. The van der Waals surface area contributed by atoms with Gasteiger partial charge in [0, 0.05) is 10.0 Å². The van der Waals surface area contributed by atoms with Gasteiger partial charge in [0.1, 0.15) is 0 Å². The van der Waals surface area contributed by atoms with Crippen molar-refractivity contribution < 1.29 is 14.3 Å². The standard InChI is InChI=1S/C11H5BrO3/c12-6-3-1-5-2-4-7-10(13)8(5)9(6)11(14)15-7/h1-4,7H. The minimum Gasteiger partial charge on any atom is -0.446 e. The molecule has 0 N–H and O–H groups in total. The van der Waals surface area contributed by atoms with Crippen LogP contribution in [0.3, 0.4) is 0 Å². The average Bonchev–Trinajstić information content (AvgIpc) is 2.20. The predicted octanol–water partition coefficient (Wildman–Crippen LogP) is 2.20. The first-order valence-corrected chi connectivity index (χ1v) is 5.23. The van der Waals surface area contributed by atoms with Gasteiger partial charge in [-0.15, -0.1) is 0 Å². The van der Waals surface area contributed by atoms with Gasteiger partial charge in [-0.2, -0.15) is 0 Å². The molecule has 0 saturated heterocycles. The van der Waals surface area contributed by atoms with E-state index in [-0.39, 0.29) is 5.78 Å². The maximum absolute atomic E-state index is 11.8. The minimum absolute atomic E-state index is 0.136. The summed E-state index contributed by atoms with van der Waals surface area (Å²) in [5.41, 5.74) is 1.61. The predicted molar refractivity (Wildman–Crippen MR) is 56.7 cm³/mol. The van der Waals surface area contributed by atoms with Gasteiger partial charge >= 0.3 is 5.97 Å². The summed E-state index contributed by atoms with van der Waals surface area (Å²) in [7, 11) is 0. The fraction of sp³-hybridized carbons (Fsp3) is 0.0909. The topological polar surface area (TPSA) is 43.4 Å². The van der Waals surface area contributed by atoms with Crippen molar-refractivity contribution >= 4 is 33.8 Å². The number of ketones is 1. The van der Waals surface area contributed by atoms with Crippen LogP contribution in [0, 0.1) is 0 Å². The quantitative estimate of drug-likeness (QED) is 0.675. The molecule has 1 aromatic carbocycles. The number of rotatable bonds is 0. The summed E-state index contributed by atoms with van der Waals surface area (Å²) in [6, 6.07) is 3.56. The van der Waals surface area contributed by atoms with Gasteiger partial charge in [-0.25, -0.2) is 4.79 Å². The first-order chi connectivity index (χ1) is 7.18. The molecule has 2 aliphatic rings. The van der Waals surface area contributed by atoms with Gasteiger partial charge < -0.3 is 4.74 Å². The lowest BCUT2D eigenvalue weighted by Crippen LogP contribution is -2.35. The lowest BCUT2D eigenvalue weighted by atomic mass is 9.88. The van der Waals surface area contributed by atoms with Crippen molar-refractivity contribution in [2.24, 2.45) is 0 Å². The highest BCUT2D eigenvalue weighted by Gasteiger charge is 2.37. The van der Waals surface area contributed by atoms with E-state index < -0.39 is 12.1 Å². The van der Waals surface area contributed by atoms with Crippen LogP contribution in [0.5, 0.6) is 0 Å². The van der Waals surface area contributed by atoms with Crippen LogP contribution < -0.4 is 0 Å². The number of carbonyl (C=O) groups is 2. The number of Topliss-reactive ketones (excluding diaryl/α,β-unsaturated/α-hetero) is 1. The number of esters is 1. The second-order valence-electron chi connectivity index (χ2n) is 3.44. The van der Waals surface area contributed by atoms with Gasteiger partial charge in [-0.3, -0.25) is 4.79 Å². The summed E-state index contributed by atoms with van der Waals surface area (Å²) >= 11 is 3.25. The summed E-state index contributed by atoms with van der Waals surface area (Å²) in [4.78, 5) is 23.4. The normalized spacial score (nSPS) is 21.5. The van der Waals surface area contributed by atoms with Crippen LogP contribution >= 0.6 is 15.9 Å². The Bertz CT molecular complexity index is 531. The molecule has 1 aromatic rings. The molecule has 1 heterocycles. The molecule has 74 valence electrons. The number of hydrogen-bond donors (Lipinski definition) is 0. The van der Waals surface area contributed by atoms with Crippen molar-refractivity contribution in [3.05, 3.63) is 39.4 Å². The third-order valence-corrected chi connectivity index (χ3v) is 3.24. The SMILES string of the molecule is O=C1OC2C=Cc3ccc(Br)c1c3C2=O. The van der Waals surface area contributed by atoms with Crippen molar-refractivity contribution in [1.82, 2.24) is 0 Å². The average molecular weight is 265 g/mol. The van der Waals surface area contributed by atoms with Crippen LogP contribution in [0.2, 0.25) is 0 Å². The number of hydrogen-bond acceptors (Lipinski definition) is 3. The van der Waals surface area contributed by atoms with Crippen LogP contribution in [0.25, 0.3) is 6.08 Å². The zero-order valence-electron chi connectivity index (χ0n) is 7.49. The van der Waals surface area contributed by atoms with E-state index in [1.165, 1.54) is 0 Å². The van der Waals surface area contributed by atoms with E-state index in [9.17, 15) is 9.59 Å². The molecule has 0 saturated carbocycles. The van der Waals surface area contributed by atoms with Crippen molar-refractivity contribution in [2.45, 2.75) is 6.10 Å². The van der Waals surface area contributed by atoms with E-state index in [0.717, 1.165) is 5.56 Å². The molecule has 0 radical (unpaired) electrons. The second-order valence-corrected chi connectivity index (χ2v) is 4.29. The molecule has 0 aromatic heterocycles. The Morgan fingerprint density at radius 2 is 2.00 bits per heavy atom. The summed E-state index contributed by atoms with van der Waals surface area (Å²) in [6.07, 6.45) is 2.69.